The van der Waals surface area contributed by atoms with Crippen molar-refractivity contribution in [2.24, 2.45) is 5.92 Å². The van der Waals surface area contributed by atoms with Crippen LogP contribution in [0.15, 0.2) is 12.5 Å². The summed E-state index contributed by atoms with van der Waals surface area (Å²) < 4.78 is 0. The Balaban J connectivity index is 2.83. The largest absolute Gasteiger partial charge is 0.348 e. The molecule has 5 nitrogen and oxygen atoms in total. The first-order valence-electron chi connectivity index (χ1n) is 5.88. The molecule has 0 radical (unpaired) electrons. The Hall–Kier alpha value is -1.30. The molecule has 0 spiro atoms. The van der Waals surface area contributed by atoms with Gasteiger partial charge in [-0.15, -0.1) is 0 Å². The zero-order valence-electron chi connectivity index (χ0n) is 10.8. The quantitative estimate of drug-likeness (QED) is 0.685. The van der Waals surface area contributed by atoms with E-state index < -0.39 is 11.3 Å². The highest BCUT2D eigenvalue weighted by molar-refractivity contribution is 7.80. The second kappa shape index (κ2) is 6.58. The summed E-state index contributed by atoms with van der Waals surface area (Å²) in [6.45, 7) is 5.32. The SMILES string of the molecule is CC(=O)N[C@H](C(=O)CC(C)C)C(S)c1cnc[nH]1. The molecule has 2 atom stereocenters. The number of thiol groups is 1. The average Bonchev–Trinajstić information content (AvgIpc) is 2.76. The van der Waals surface area contributed by atoms with E-state index in [4.69, 9.17) is 0 Å². The molecule has 0 saturated carbocycles. The molecule has 100 valence electrons. The Morgan fingerprint density at radius 2 is 2.17 bits per heavy atom. The second-order valence-corrected chi connectivity index (χ2v) is 5.25. The summed E-state index contributed by atoms with van der Waals surface area (Å²) in [7, 11) is 0. The maximum atomic E-state index is 12.1. The van der Waals surface area contributed by atoms with Crippen LogP contribution in [0.3, 0.4) is 0 Å². The van der Waals surface area contributed by atoms with Crippen LogP contribution < -0.4 is 5.32 Å². The van der Waals surface area contributed by atoms with Gasteiger partial charge in [0, 0.05) is 25.2 Å². The zero-order chi connectivity index (χ0) is 13.7. The molecule has 2 N–H and O–H groups in total. The summed E-state index contributed by atoms with van der Waals surface area (Å²) in [5, 5.41) is 2.25. The number of hydrogen-bond donors (Lipinski definition) is 3. The minimum atomic E-state index is -0.631. The van der Waals surface area contributed by atoms with Crippen molar-refractivity contribution >= 4 is 24.3 Å². The smallest absolute Gasteiger partial charge is 0.217 e. The molecule has 0 fully saturated rings. The van der Waals surface area contributed by atoms with Gasteiger partial charge >= 0.3 is 0 Å². The Morgan fingerprint density at radius 1 is 1.50 bits per heavy atom. The molecule has 6 heteroatoms. The number of carbonyl (C=O) groups is 2. The molecule has 0 aliphatic rings. The topological polar surface area (TPSA) is 74.8 Å². The summed E-state index contributed by atoms with van der Waals surface area (Å²) >= 11 is 4.41. The van der Waals surface area contributed by atoms with Gasteiger partial charge in [0.2, 0.25) is 5.91 Å². The Bertz CT molecular complexity index is 403. The maximum absolute atomic E-state index is 12.1. The number of nitrogens with one attached hydrogen (secondary N) is 2. The first kappa shape index (κ1) is 14.8. The lowest BCUT2D eigenvalue weighted by Crippen LogP contribution is -2.43. The van der Waals surface area contributed by atoms with Crippen molar-refractivity contribution in [3.8, 4) is 0 Å². The lowest BCUT2D eigenvalue weighted by Gasteiger charge is -2.22. The van der Waals surface area contributed by atoms with E-state index in [0.29, 0.717) is 12.1 Å². The van der Waals surface area contributed by atoms with Crippen molar-refractivity contribution in [2.75, 3.05) is 0 Å². The fourth-order valence-electron chi connectivity index (χ4n) is 1.69. The van der Waals surface area contributed by atoms with Crippen LogP contribution in [0.5, 0.6) is 0 Å². The van der Waals surface area contributed by atoms with Crippen molar-refractivity contribution in [3.05, 3.63) is 18.2 Å². The summed E-state index contributed by atoms with van der Waals surface area (Å²) in [5.74, 6) is -0.0125. The van der Waals surface area contributed by atoms with Gasteiger partial charge in [0.05, 0.1) is 11.6 Å². The number of aromatic nitrogens is 2. The fourth-order valence-corrected chi connectivity index (χ4v) is 2.07. The second-order valence-electron chi connectivity index (χ2n) is 4.69. The predicted molar refractivity (Wildman–Crippen MR) is 72.4 cm³/mol. The Labute approximate surface area is 112 Å². The number of ketones is 1. The molecule has 1 heterocycles. The maximum Gasteiger partial charge on any atom is 0.217 e. The highest BCUT2D eigenvalue weighted by atomic mass is 32.1. The van der Waals surface area contributed by atoms with Crippen molar-refractivity contribution in [3.63, 3.8) is 0 Å². The number of amides is 1. The first-order chi connectivity index (χ1) is 8.41. The number of carbonyl (C=O) groups excluding carboxylic acids is 2. The number of nitrogens with zero attached hydrogens (tertiary/aromatic N) is 1. The lowest BCUT2D eigenvalue weighted by atomic mass is 9.98. The van der Waals surface area contributed by atoms with Crippen LogP contribution in [-0.4, -0.2) is 27.7 Å². The molecule has 1 unspecified atom stereocenters. The molecule has 1 rings (SSSR count). The standard InChI is InChI=1S/C12H19N3O2S/c1-7(2)4-10(17)11(15-8(3)16)12(18)9-5-13-6-14-9/h5-7,11-12,18H,4H2,1-3H3,(H,13,14)(H,15,16)/t11-,12?/m1/s1. The molecule has 1 aromatic rings. The van der Waals surface area contributed by atoms with Gasteiger partial charge in [-0.3, -0.25) is 9.59 Å². The molecule has 0 aliphatic carbocycles. The van der Waals surface area contributed by atoms with E-state index in [-0.39, 0.29) is 17.6 Å². The molecule has 0 saturated heterocycles. The van der Waals surface area contributed by atoms with E-state index in [2.05, 4.69) is 27.9 Å². The monoisotopic (exact) mass is 269 g/mol. The van der Waals surface area contributed by atoms with Gasteiger partial charge in [-0.1, -0.05) is 13.8 Å². The number of hydrogen-bond acceptors (Lipinski definition) is 4. The van der Waals surface area contributed by atoms with Crippen molar-refractivity contribution < 1.29 is 9.59 Å². The van der Waals surface area contributed by atoms with Crippen molar-refractivity contribution in [1.82, 2.24) is 15.3 Å². The third-order valence-electron chi connectivity index (χ3n) is 2.47. The normalized spacial score (nSPS) is 14.3. The van der Waals surface area contributed by atoms with E-state index in [1.54, 1.807) is 6.20 Å². The molecular formula is C12H19N3O2S. The predicted octanol–water partition coefficient (Wildman–Crippen LogP) is 1.50. The highest BCUT2D eigenvalue weighted by Gasteiger charge is 2.28. The van der Waals surface area contributed by atoms with Crippen molar-refractivity contribution in [2.45, 2.75) is 38.5 Å². The highest BCUT2D eigenvalue weighted by Crippen LogP contribution is 2.23. The van der Waals surface area contributed by atoms with Crippen LogP contribution in [0.2, 0.25) is 0 Å². The Kier molecular flexibility index (Phi) is 5.40. The molecule has 18 heavy (non-hydrogen) atoms. The average molecular weight is 269 g/mol. The van der Waals surface area contributed by atoms with Gasteiger partial charge in [0.1, 0.15) is 6.04 Å². The number of Topliss-reactive ketones (excluding diaryl/α,β-unsaturated/α-hetero) is 1. The van der Waals surface area contributed by atoms with Gasteiger partial charge in [-0.2, -0.15) is 12.6 Å². The van der Waals surface area contributed by atoms with Crippen molar-refractivity contribution in [1.29, 1.82) is 0 Å². The lowest BCUT2D eigenvalue weighted by molar-refractivity contribution is -0.127. The van der Waals surface area contributed by atoms with Crippen LogP contribution in [0.1, 0.15) is 38.1 Å². The molecule has 0 aromatic carbocycles. The molecule has 1 amide bonds. The fraction of sp³-hybridized carbons (Fsp3) is 0.583. The zero-order valence-corrected chi connectivity index (χ0v) is 11.7. The van der Waals surface area contributed by atoms with E-state index in [9.17, 15) is 9.59 Å². The van der Waals surface area contributed by atoms with E-state index in [1.807, 2.05) is 13.8 Å². The summed E-state index contributed by atoms with van der Waals surface area (Å²) in [6, 6.07) is -0.631. The van der Waals surface area contributed by atoms with E-state index >= 15 is 0 Å². The van der Waals surface area contributed by atoms with Crippen LogP contribution >= 0.6 is 12.6 Å². The molecular weight excluding hydrogens is 250 g/mol. The Morgan fingerprint density at radius 3 is 2.61 bits per heavy atom. The first-order valence-corrected chi connectivity index (χ1v) is 6.39. The third-order valence-corrected chi connectivity index (χ3v) is 3.05. The van der Waals surface area contributed by atoms with E-state index in [1.165, 1.54) is 13.3 Å². The summed E-state index contributed by atoms with van der Waals surface area (Å²) in [4.78, 5) is 30.1. The van der Waals surface area contributed by atoms with Gasteiger partial charge in [0.25, 0.3) is 0 Å². The van der Waals surface area contributed by atoms with Gasteiger partial charge in [-0.25, -0.2) is 4.98 Å². The number of rotatable bonds is 6. The minimum Gasteiger partial charge on any atom is -0.348 e. The molecule has 0 bridgehead atoms. The van der Waals surface area contributed by atoms with Gasteiger partial charge in [-0.05, 0) is 5.92 Å². The molecule has 1 aromatic heterocycles. The summed E-state index contributed by atoms with van der Waals surface area (Å²) in [6.07, 6.45) is 3.54. The van der Waals surface area contributed by atoms with Gasteiger partial charge < -0.3 is 10.3 Å². The minimum absolute atomic E-state index is 0.0187. The van der Waals surface area contributed by atoms with E-state index in [0.717, 1.165) is 0 Å². The summed E-state index contributed by atoms with van der Waals surface area (Å²) in [5.41, 5.74) is 0.717. The van der Waals surface area contributed by atoms with Crippen LogP contribution in [-0.2, 0) is 9.59 Å². The third kappa shape index (κ3) is 4.18. The molecule has 0 aliphatic heterocycles. The van der Waals surface area contributed by atoms with Crippen LogP contribution in [0.4, 0.5) is 0 Å². The van der Waals surface area contributed by atoms with Crippen LogP contribution in [0, 0.1) is 5.92 Å². The number of aromatic amines is 1. The number of H-pyrrole nitrogens is 1. The number of imidazole rings is 1. The van der Waals surface area contributed by atoms with Gasteiger partial charge in [0.15, 0.2) is 5.78 Å². The van der Waals surface area contributed by atoms with Crippen LogP contribution in [0.25, 0.3) is 0 Å².